The van der Waals surface area contributed by atoms with Crippen molar-refractivity contribution in [3.63, 3.8) is 0 Å². The Bertz CT molecular complexity index is 945. The summed E-state index contributed by atoms with van der Waals surface area (Å²) in [7, 11) is 0. The highest BCUT2D eigenvalue weighted by Gasteiger charge is 2.22. The molecule has 1 fully saturated rings. The molecule has 0 atom stereocenters. The summed E-state index contributed by atoms with van der Waals surface area (Å²) in [5.74, 6) is 1.61. The van der Waals surface area contributed by atoms with Crippen molar-refractivity contribution in [3.8, 4) is 16.3 Å². The monoisotopic (exact) mass is 408 g/mol. The fourth-order valence-electron chi connectivity index (χ4n) is 3.49. The van der Waals surface area contributed by atoms with Crippen LogP contribution in [-0.4, -0.2) is 53.8 Å². The van der Waals surface area contributed by atoms with E-state index in [1.807, 2.05) is 60.5 Å². The van der Waals surface area contributed by atoms with Crippen LogP contribution in [0.1, 0.15) is 11.1 Å². The highest BCUT2D eigenvalue weighted by atomic mass is 32.1. The van der Waals surface area contributed by atoms with Gasteiger partial charge in [-0.15, -0.1) is 21.5 Å². The first kappa shape index (κ1) is 19.4. The van der Waals surface area contributed by atoms with Crippen molar-refractivity contribution in [1.82, 2.24) is 15.1 Å². The van der Waals surface area contributed by atoms with E-state index in [9.17, 15) is 4.79 Å². The molecule has 1 aromatic carbocycles. The second kappa shape index (κ2) is 8.61. The second-order valence-electron chi connectivity index (χ2n) is 7.23. The third kappa shape index (κ3) is 4.74. The third-order valence-electron chi connectivity index (χ3n) is 4.94. The van der Waals surface area contributed by atoms with E-state index in [1.165, 1.54) is 0 Å². The van der Waals surface area contributed by atoms with Gasteiger partial charge >= 0.3 is 0 Å². The minimum absolute atomic E-state index is 0.0166. The molecule has 4 rings (SSSR count). The summed E-state index contributed by atoms with van der Waals surface area (Å²) < 4.78 is 5.72. The molecule has 1 aliphatic rings. The van der Waals surface area contributed by atoms with E-state index in [-0.39, 0.29) is 12.5 Å². The number of aromatic nitrogens is 2. The molecule has 1 amide bonds. The maximum atomic E-state index is 12.5. The number of nitrogens with zero attached hydrogens (tertiary/aromatic N) is 4. The quantitative estimate of drug-likeness (QED) is 0.646. The Kier molecular flexibility index (Phi) is 5.76. The molecule has 6 nitrogen and oxygen atoms in total. The van der Waals surface area contributed by atoms with Crippen molar-refractivity contribution in [3.05, 3.63) is 59.0 Å². The molecular formula is C22H24N4O2S. The number of hydrogen-bond donors (Lipinski definition) is 0. The minimum atomic E-state index is 0.0166. The number of thiophene rings is 1. The second-order valence-corrected chi connectivity index (χ2v) is 8.18. The maximum absolute atomic E-state index is 12.5. The highest BCUT2D eigenvalue weighted by molar-refractivity contribution is 7.13. The van der Waals surface area contributed by atoms with E-state index in [1.54, 1.807) is 11.3 Å². The zero-order chi connectivity index (χ0) is 20.2. The third-order valence-corrected chi connectivity index (χ3v) is 5.83. The van der Waals surface area contributed by atoms with Gasteiger partial charge in [-0.05, 0) is 60.7 Å². The van der Waals surface area contributed by atoms with Crippen LogP contribution in [0.2, 0.25) is 0 Å². The average molecular weight is 409 g/mol. The lowest BCUT2D eigenvalue weighted by Gasteiger charge is -2.35. The molecule has 150 valence electrons. The Morgan fingerprint density at radius 2 is 1.79 bits per heavy atom. The number of amides is 1. The van der Waals surface area contributed by atoms with Crippen LogP contribution in [0.15, 0.2) is 47.8 Å². The first-order chi connectivity index (χ1) is 14.1. The Labute approximate surface area is 174 Å². The Hall–Kier alpha value is -2.93. The van der Waals surface area contributed by atoms with Crippen LogP contribution >= 0.6 is 11.3 Å². The van der Waals surface area contributed by atoms with Crippen molar-refractivity contribution in [2.24, 2.45) is 0 Å². The predicted molar refractivity (Wildman–Crippen MR) is 116 cm³/mol. The van der Waals surface area contributed by atoms with Gasteiger partial charge in [-0.25, -0.2) is 0 Å². The Morgan fingerprint density at radius 1 is 1.03 bits per heavy atom. The molecule has 29 heavy (non-hydrogen) atoms. The van der Waals surface area contributed by atoms with Crippen molar-refractivity contribution in [1.29, 1.82) is 0 Å². The number of benzene rings is 1. The number of aryl methyl sites for hydroxylation is 2. The summed E-state index contributed by atoms with van der Waals surface area (Å²) in [6.45, 7) is 6.91. The van der Waals surface area contributed by atoms with Gasteiger partial charge in [-0.1, -0.05) is 12.1 Å². The smallest absolute Gasteiger partial charge is 0.260 e. The van der Waals surface area contributed by atoms with Gasteiger partial charge in [0.05, 0.1) is 4.88 Å². The number of piperazine rings is 1. The fraction of sp³-hybridized carbons (Fsp3) is 0.318. The number of rotatable bonds is 5. The SMILES string of the molecule is Cc1cc(C)cc(OCC(=O)N2CCN(c3ccc(-c4cccs4)nn3)CC2)c1. The lowest BCUT2D eigenvalue weighted by Crippen LogP contribution is -2.50. The van der Waals surface area contributed by atoms with Crippen LogP contribution in [0.4, 0.5) is 5.82 Å². The number of carbonyl (C=O) groups excluding carboxylic acids is 1. The lowest BCUT2D eigenvalue weighted by molar-refractivity contribution is -0.133. The molecule has 0 unspecified atom stereocenters. The van der Waals surface area contributed by atoms with Crippen LogP contribution in [0, 0.1) is 13.8 Å². The van der Waals surface area contributed by atoms with Crippen molar-refractivity contribution < 1.29 is 9.53 Å². The van der Waals surface area contributed by atoms with Gasteiger partial charge in [-0.3, -0.25) is 4.79 Å². The zero-order valence-electron chi connectivity index (χ0n) is 16.7. The van der Waals surface area contributed by atoms with E-state index in [2.05, 4.69) is 21.2 Å². The molecule has 0 N–H and O–H groups in total. The number of carbonyl (C=O) groups is 1. The van der Waals surface area contributed by atoms with Crippen molar-refractivity contribution >= 4 is 23.1 Å². The summed E-state index contributed by atoms with van der Waals surface area (Å²) in [5.41, 5.74) is 3.15. The first-order valence-corrected chi connectivity index (χ1v) is 10.6. The van der Waals surface area contributed by atoms with Crippen LogP contribution < -0.4 is 9.64 Å². The summed E-state index contributed by atoms with van der Waals surface area (Å²) in [4.78, 5) is 17.7. The molecule has 3 heterocycles. The van der Waals surface area contributed by atoms with Gasteiger partial charge in [0.25, 0.3) is 5.91 Å². The molecule has 0 bridgehead atoms. The number of hydrogen-bond acceptors (Lipinski definition) is 6. The van der Waals surface area contributed by atoms with Gasteiger partial charge in [0.2, 0.25) is 0 Å². The van der Waals surface area contributed by atoms with Gasteiger partial charge in [-0.2, -0.15) is 0 Å². The predicted octanol–water partition coefficient (Wildman–Crippen LogP) is 3.55. The Morgan fingerprint density at radius 3 is 2.41 bits per heavy atom. The molecular weight excluding hydrogens is 384 g/mol. The van der Waals surface area contributed by atoms with Gasteiger partial charge in [0.15, 0.2) is 12.4 Å². The van der Waals surface area contributed by atoms with Gasteiger partial charge in [0, 0.05) is 26.2 Å². The molecule has 1 aliphatic heterocycles. The zero-order valence-corrected chi connectivity index (χ0v) is 17.5. The fourth-order valence-corrected chi connectivity index (χ4v) is 4.18. The summed E-state index contributed by atoms with van der Waals surface area (Å²) >= 11 is 1.65. The van der Waals surface area contributed by atoms with Crippen LogP contribution in [0.5, 0.6) is 5.75 Å². The van der Waals surface area contributed by atoms with Crippen LogP contribution in [-0.2, 0) is 4.79 Å². The normalized spacial score (nSPS) is 14.1. The largest absolute Gasteiger partial charge is 0.484 e. The van der Waals surface area contributed by atoms with Crippen molar-refractivity contribution in [2.75, 3.05) is 37.7 Å². The molecule has 0 radical (unpaired) electrons. The molecule has 1 saturated heterocycles. The van der Waals surface area contributed by atoms with Crippen LogP contribution in [0.3, 0.4) is 0 Å². The molecule has 2 aromatic heterocycles. The maximum Gasteiger partial charge on any atom is 0.260 e. The molecule has 3 aromatic rings. The first-order valence-electron chi connectivity index (χ1n) is 9.70. The Balaban J connectivity index is 1.29. The van der Waals surface area contributed by atoms with E-state index in [0.717, 1.165) is 46.4 Å². The topological polar surface area (TPSA) is 58.6 Å². The summed E-state index contributed by atoms with van der Waals surface area (Å²) in [6, 6.07) is 14.1. The van der Waals surface area contributed by atoms with Crippen LogP contribution in [0.25, 0.3) is 10.6 Å². The number of anilines is 1. The molecule has 0 saturated carbocycles. The lowest BCUT2D eigenvalue weighted by atomic mass is 10.1. The van der Waals surface area contributed by atoms with Crippen molar-refractivity contribution in [2.45, 2.75) is 13.8 Å². The molecule has 7 heteroatoms. The van der Waals surface area contributed by atoms with Gasteiger partial charge in [0.1, 0.15) is 11.4 Å². The van der Waals surface area contributed by atoms with E-state index in [0.29, 0.717) is 13.1 Å². The summed E-state index contributed by atoms with van der Waals surface area (Å²) in [6.07, 6.45) is 0. The van der Waals surface area contributed by atoms with Gasteiger partial charge < -0.3 is 14.5 Å². The highest BCUT2D eigenvalue weighted by Crippen LogP contribution is 2.23. The molecule has 0 spiro atoms. The van der Waals surface area contributed by atoms with E-state index < -0.39 is 0 Å². The van der Waals surface area contributed by atoms with E-state index >= 15 is 0 Å². The molecule has 0 aliphatic carbocycles. The minimum Gasteiger partial charge on any atom is -0.484 e. The van der Waals surface area contributed by atoms with E-state index in [4.69, 9.17) is 4.74 Å². The number of ether oxygens (including phenoxy) is 1. The average Bonchev–Trinajstić information content (AvgIpc) is 3.26. The summed E-state index contributed by atoms with van der Waals surface area (Å²) in [5, 5.41) is 10.8. The standard InChI is InChI=1S/C22H24N4O2S/c1-16-12-17(2)14-18(13-16)28-15-22(27)26-9-7-25(8-10-26)21-6-5-19(23-24-21)20-4-3-11-29-20/h3-6,11-14H,7-10,15H2,1-2H3.